The Balaban J connectivity index is 1.42. The largest absolute Gasteiger partial charge is 0.451 e. The third kappa shape index (κ3) is 3.67. The first-order valence-electron chi connectivity index (χ1n) is 8.76. The van der Waals surface area contributed by atoms with Gasteiger partial charge in [0.2, 0.25) is 0 Å². The van der Waals surface area contributed by atoms with Gasteiger partial charge in [-0.3, -0.25) is 9.89 Å². The van der Waals surface area contributed by atoms with Crippen molar-refractivity contribution in [1.29, 1.82) is 0 Å². The Hall–Kier alpha value is -3.22. The molecule has 0 radical (unpaired) electrons. The summed E-state index contributed by atoms with van der Waals surface area (Å²) in [6, 6.07) is 13.6. The number of aromatic amines is 1. The van der Waals surface area contributed by atoms with E-state index in [-0.39, 0.29) is 30.0 Å². The van der Waals surface area contributed by atoms with Crippen molar-refractivity contribution in [2.24, 2.45) is 0 Å². The van der Waals surface area contributed by atoms with Gasteiger partial charge in [0, 0.05) is 23.5 Å². The van der Waals surface area contributed by atoms with Crippen LogP contribution in [-0.4, -0.2) is 39.6 Å². The molecule has 6 nitrogen and oxygen atoms in total. The normalized spacial score (nSPS) is 13.5. The summed E-state index contributed by atoms with van der Waals surface area (Å²) in [4.78, 5) is 26.5. The molecule has 0 bridgehead atoms. The van der Waals surface area contributed by atoms with Gasteiger partial charge < -0.3 is 9.64 Å². The van der Waals surface area contributed by atoms with E-state index < -0.39 is 12.6 Å². The van der Waals surface area contributed by atoms with Gasteiger partial charge in [-0.25, -0.2) is 9.18 Å². The molecule has 1 heterocycles. The zero-order valence-electron chi connectivity index (χ0n) is 14.5. The molecule has 138 valence electrons. The highest BCUT2D eigenvalue weighted by Crippen LogP contribution is 2.29. The molecule has 0 aliphatic heterocycles. The molecule has 0 spiro atoms. The van der Waals surface area contributed by atoms with E-state index in [9.17, 15) is 14.0 Å². The SMILES string of the molecule is O=C(OCC(=O)N(Cc1ccccc1F)C1CC1)c1n[nH]c2ccccc12. The number of hydrogen-bond donors (Lipinski definition) is 1. The summed E-state index contributed by atoms with van der Waals surface area (Å²) in [6.45, 7) is -0.232. The second kappa shape index (κ2) is 7.19. The number of nitrogens with one attached hydrogen (secondary N) is 1. The number of halogens is 1. The quantitative estimate of drug-likeness (QED) is 0.680. The van der Waals surface area contributed by atoms with Gasteiger partial charge in [-0.05, 0) is 25.0 Å². The van der Waals surface area contributed by atoms with Crippen molar-refractivity contribution >= 4 is 22.8 Å². The number of carbonyl (C=O) groups is 2. The van der Waals surface area contributed by atoms with Crippen molar-refractivity contribution in [3.05, 3.63) is 65.6 Å². The molecule has 1 N–H and O–H groups in total. The van der Waals surface area contributed by atoms with Crippen LogP contribution < -0.4 is 0 Å². The smallest absolute Gasteiger partial charge is 0.359 e. The lowest BCUT2D eigenvalue weighted by Crippen LogP contribution is -2.36. The lowest BCUT2D eigenvalue weighted by atomic mass is 10.2. The van der Waals surface area contributed by atoms with Gasteiger partial charge in [0.15, 0.2) is 12.3 Å². The highest BCUT2D eigenvalue weighted by atomic mass is 19.1. The number of ether oxygens (including phenoxy) is 1. The van der Waals surface area contributed by atoms with Gasteiger partial charge in [0.05, 0.1) is 5.52 Å². The molecule has 1 fully saturated rings. The number of amides is 1. The van der Waals surface area contributed by atoms with Crippen molar-refractivity contribution in [2.75, 3.05) is 6.61 Å². The van der Waals surface area contributed by atoms with Crippen molar-refractivity contribution < 1.29 is 18.7 Å². The minimum atomic E-state index is -0.664. The van der Waals surface area contributed by atoms with Crippen LogP contribution in [0.1, 0.15) is 28.9 Å². The average molecular weight is 367 g/mol. The Labute approximate surface area is 154 Å². The average Bonchev–Trinajstić information content (AvgIpc) is 3.43. The lowest BCUT2D eigenvalue weighted by molar-refractivity contribution is -0.135. The molecule has 7 heteroatoms. The topological polar surface area (TPSA) is 75.3 Å². The number of carbonyl (C=O) groups excluding carboxylic acids is 2. The van der Waals surface area contributed by atoms with Crippen LogP contribution in [0, 0.1) is 5.82 Å². The number of rotatable bonds is 6. The van der Waals surface area contributed by atoms with Crippen LogP contribution in [0.3, 0.4) is 0 Å². The highest BCUT2D eigenvalue weighted by Gasteiger charge is 2.33. The van der Waals surface area contributed by atoms with E-state index in [2.05, 4.69) is 10.2 Å². The first-order chi connectivity index (χ1) is 13.1. The standard InChI is InChI=1S/C20H18FN3O3/c21-16-7-3-1-5-13(16)11-24(14-9-10-14)18(25)12-27-20(26)19-15-6-2-4-8-17(15)22-23-19/h1-8,14H,9-12H2,(H,22,23). The van der Waals surface area contributed by atoms with Crippen LogP contribution in [0.15, 0.2) is 48.5 Å². The summed E-state index contributed by atoms with van der Waals surface area (Å²) < 4.78 is 19.1. The van der Waals surface area contributed by atoms with Gasteiger partial charge in [-0.2, -0.15) is 5.10 Å². The molecule has 0 saturated heterocycles. The number of para-hydroxylation sites is 1. The van der Waals surface area contributed by atoms with E-state index >= 15 is 0 Å². The van der Waals surface area contributed by atoms with Crippen molar-refractivity contribution in [2.45, 2.75) is 25.4 Å². The molecule has 27 heavy (non-hydrogen) atoms. The van der Waals surface area contributed by atoms with Gasteiger partial charge in [0.1, 0.15) is 5.82 Å². The van der Waals surface area contributed by atoms with Crippen molar-refractivity contribution in [3.8, 4) is 0 Å². The second-order valence-corrected chi connectivity index (χ2v) is 6.54. The number of fused-ring (bicyclic) bond motifs is 1. The minimum Gasteiger partial charge on any atom is -0.451 e. The van der Waals surface area contributed by atoms with E-state index in [1.54, 1.807) is 41.3 Å². The second-order valence-electron chi connectivity index (χ2n) is 6.54. The predicted octanol–water partition coefficient (Wildman–Crippen LogP) is 3.05. The zero-order chi connectivity index (χ0) is 18.8. The summed E-state index contributed by atoms with van der Waals surface area (Å²) in [5.74, 6) is -1.35. The fraction of sp³-hybridized carbons (Fsp3) is 0.250. The number of hydrogen-bond acceptors (Lipinski definition) is 4. The molecule has 0 unspecified atom stereocenters. The van der Waals surface area contributed by atoms with Gasteiger partial charge in [-0.15, -0.1) is 0 Å². The number of esters is 1. The fourth-order valence-corrected chi connectivity index (χ4v) is 3.01. The molecule has 4 rings (SSSR count). The summed E-state index contributed by atoms with van der Waals surface area (Å²) in [5.41, 5.74) is 1.31. The molecule has 1 aromatic heterocycles. The molecular formula is C20H18FN3O3. The number of nitrogens with zero attached hydrogens (tertiary/aromatic N) is 2. The first kappa shape index (κ1) is 17.2. The summed E-state index contributed by atoms with van der Waals surface area (Å²) in [7, 11) is 0. The summed E-state index contributed by atoms with van der Waals surface area (Å²) >= 11 is 0. The minimum absolute atomic E-state index is 0.0713. The highest BCUT2D eigenvalue weighted by molar-refractivity contribution is 6.02. The van der Waals surface area contributed by atoms with E-state index in [1.165, 1.54) is 6.07 Å². The van der Waals surface area contributed by atoms with Crippen LogP contribution in [0.25, 0.3) is 10.9 Å². The molecule has 1 aliphatic carbocycles. The number of H-pyrrole nitrogens is 1. The maximum atomic E-state index is 13.9. The zero-order valence-corrected chi connectivity index (χ0v) is 14.5. The van der Waals surface area contributed by atoms with E-state index in [1.807, 2.05) is 6.07 Å². The Morgan fingerprint density at radius 3 is 2.67 bits per heavy atom. The van der Waals surface area contributed by atoms with Gasteiger partial charge in [-0.1, -0.05) is 36.4 Å². The molecule has 1 aliphatic rings. The number of aromatic nitrogens is 2. The van der Waals surface area contributed by atoms with Crippen LogP contribution in [0.2, 0.25) is 0 Å². The Bertz CT molecular complexity index is 997. The molecular weight excluding hydrogens is 349 g/mol. The van der Waals surface area contributed by atoms with Crippen LogP contribution >= 0.6 is 0 Å². The third-order valence-electron chi connectivity index (χ3n) is 4.60. The van der Waals surface area contributed by atoms with Crippen molar-refractivity contribution in [3.63, 3.8) is 0 Å². The van der Waals surface area contributed by atoms with Gasteiger partial charge >= 0.3 is 5.97 Å². The molecule has 1 amide bonds. The molecule has 0 atom stereocenters. The Kier molecular flexibility index (Phi) is 4.58. The Morgan fingerprint density at radius 2 is 1.89 bits per heavy atom. The van der Waals surface area contributed by atoms with Crippen molar-refractivity contribution in [1.82, 2.24) is 15.1 Å². The van der Waals surface area contributed by atoms with Crippen LogP contribution in [0.4, 0.5) is 4.39 Å². The lowest BCUT2D eigenvalue weighted by Gasteiger charge is -2.22. The van der Waals surface area contributed by atoms with Crippen LogP contribution in [0.5, 0.6) is 0 Å². The molecule has 1 saturated carbocycles. The maximum absolute atomic E-state index is 13.9. The summed E-state index contributed by atoms with van der Waals surface area (Å²) in [5, 5.41) is 7.37. The Morgan fingerprint density at radius 1 is 1.15 bits per heavy atom. The number of benzene rings is 2. The van der Waals surface area contributed by atoms with E-state index in [4.69, 9.17) is 4.74 Å². The maximum Gasteiger partial charge on any atom is 0.359 e. The monoisotopic (exact) mass is 367 g/mol. The predicted molar refractivity (Wildman–Crippen MR) is 96.3 cm³/mol. The van der Waals surface area contributed by atoms with E-state index in [0.29, 0.717) is 10.9 Å². The van der Waals surface area contributed by atoms with Gasteiger partial charge in [0.25, 0.3) is 5.91 Å². The summed E-state index contributed by atoms with van der Waals surface area (Å²) in [6.07, 6.45) is 1.75. The fourth-order valence-electron chi connectivity index (χ4n) is 3.01. The third-order valence-corrected chi connectivity index (χ3v) is 4.60. The molecule has 3 aromatic rings. The molecule has 2 aromatic carbocycles. The first-order valence-corrected chi connectivity index (χ1v) is 8.76. The van der Waals surface area contributed by atoms with Crippen LogP contribution in [-0.2, 0) is 16.1 Å². The van der Waals surface area contributed by atoms with E-state index in [0.717, 1.165) is 18.4 Å².